The van der Waals surface area contributed by atoms with Crippen molar-refractivity contribution in [3.63, 3.8) is 0 Å². The second kappa shape index (κ2) is 4.74. The average molecular weight is 214 g/mol. The molecule has 0 aromatic heterocycles. The molecule has 3 nitrogen and oxygen atoms in total. The van der Waals surface area contributed by atoms with Gasteiger partial charge in [-0.1, -0.05) is 18.2 Å². The molecule has 0 saturated carbocycles. The molecule has 14 heavy (non-hydrogen) atoms. The van der Waals surface area contributed by atoms with Gasteiger partial charge in [-0.05, 0) is 19.1 Å². The second-order valence-electron chi connectivity index (χ2n) is 3.33. The standard InChI is InChI=1S/C10H15O3P/c1-9(11)8-13-14(2,12)10-6-4-3-5-7-10/h3-7,9,11H,8H2,1-2H3. The zero-order valence-electron chi connectivity index (χ0n) is 8.38. The van der Waals surface area contributed by atoms with E-state index in [1.165, 1.54) is 0 Å². The molecule has 0 heterocycles. The molecule has 78 valence electrons. The van der Waals surface area contributed by atoms with Crippen molar-refractivity contribution in [2.75, 3.05) is 13.3 Å². The molecular formula is C10H15O3P. The first-order chi connectivity index (χ1) is 6.52. The summed E-state index contributed by atoms with van der Waals surface area (Å²) in [5.74, 6) is 0. The number of aliphatic hydroxyl groups is 1. The Balaban J connectivity index is 2.71. The van der Waals surface area contributed by atoms with Crippen LogP contribution >= 0.6 is 7.37 Å². The predicted molar refractivity (Wildman–Crippen MR) is 57.2 cm³/mol. The molecule has 0 saturated heterocycles. The minimum atomic E-state index is -2.76. The first kappa shape index (κ1) is 11.4. The summed E-state index contributed by atoms with van der Waals surface area (Å²) < 4.78 is 17.2. The van der Waals surface area contributed by atoms with Crippen LogP contribution in [0, 0.1) is 0 Å². The van der Waals surface area contributed by atoms with Gasteiger partial charge in [0.15, 0.2) is 0 Å². The Bertz CT molecular complexity index is 321. The molecular weight excluding hydrogens is 199 g/mol. The van der Waals surface area contributed by atoms with Gasteiger partial charge in [0.2, 0.25) is 7.37 Å². The highest BCUT2D eigenvalue weighted by atomic mass is 31.2. The van der Waals surface area contributed by atoms with Gasteiger partial charge in [0.25, 0.3) is 0 Å². The van der Waals surface area contributed by atoms with Crippen molar-refractivity contribution >= 4 is 12.7 Å². The quantitative estimate of drug-likeness (QED) is 0.774. The third-order valence-corrected chi connectivity index (χ3v) is 3.67. The van der Waals surface area contributed by atoms with Crippen LogP contribution in [0.4, 0.5) is 0 Å². The van der Waals surface area contributed by atoms with Crippen LogP contribution in [0.1, 0.15) is 6.92 Å². The van der Waals surface area contributed by atoms with Crippen LogP contribution in [-0.4, -0.2) is 24.5 Å². The van der Waals surface area contributed by atoms with Crippen molar-refractivity contribution < 1.29 is 14.2 Å². The van der Waals surface area contributed by atoms with Crippen molar-refractivity contribution in [2.24, 2.45) is 0 Å². The Kier molecular flexibility index (Phi) is 3.87. The lowest BCUT2D eigenvalue weighted by molar-refractivity contribution is 0.126. The molecule has 1 rings (SSSR count). The number of hydrogen-bond donors (Lipinski definition) is 1. The SMILES string of the molecule is CC(O)COP(C)(=O)c1ccccc1. The van der Waals surface area contributed by atoms with E-state index < -0.39 is 13.5 Å². The van der Waals surface area contributed by atoms with Gasteiger partial charge in [-0.25, -0.2) is 0 Å². The maximum absolute atomic E-state index is 12.0. The molecule has 0 bridgehead atoms. The maximum Gasteiger partial charge on any atom is 0.229 e. The van der Waals surface area contributed by atoms with E-state index in [4.69, 9.17) is 9.63 Å². The Morgan fingerprint density at radius 2 is 2.00 bits per heavy atom. The van der Waals surface area contributed by atoms with Gasteiger partial charge in [-0.2, -0.15) is 0 Å². The van der Waals surface area contributed by atoms with Gasteiger partial charge in [-0.15, -0.1) is 0 Å². The molecule has 2 atom stereocenters. The second-order valence-corrected chi connectivity index (χ2v) is 5.79. The molecule has 2 unspecified atom stereocenters. The zero-order chi connectivity index (χ0) is 10.6. The highest BCUT2D eigenvalue weighted by molar-refractivity contribution is 7.66. The lowest BCUT2D eigenvalue weighted by Crippen LogP contribution is -2.13. The Hall–Kier alpha value is -0.630. The summed E-state index contributed by atoms with van der Waals surface area (Å²) in [6, 6.07) is 9.03. The van der Waals surface area contributed by atoms with Crippen molar-refractivity contribution in [2.45, 2.75) is 13.0 Å². The summed E-state index contributed by atoms with van der Waals surface area (Å²) in [6.07, 6.45) is -0.591. The van der Waals surface area contributed by atoms with Gasteiger partial charge in [-0.3, -0.25) is 4.57 Å². The Morgan fingerprint density at radius 1 is 1.43 bits per heavy atom. The normalized spacial score (nSPS) is 17.4. The number of aliphatic hydroxyl groups excluding tert-OH is 1. The fraction of sp³-hybridized carbons (Fsp3) is 0.400. The predicted octanol–water partition coefficient (Wildman–Crippen LogP) is 1.62. The van der Waals surface area contributed by atoms with Gasteiger partial charge >= 0.3 is 0 Å². The third-order valence-electron chi connectivity index (χ3n) is 1.79. The molecule has 0 aliphatic heterocycles. The molecule has 1 aromatic rings. The molecule has 1 N–H and O–H groups in total. The van der Waals surface area contributed by atoms with Crippen molar-refractivity contribution in [1.82, 2.24) is 0 Å². The Morgan fingerprint density at radius 3 is 2.50 bits per heavy atom. The minimum Gasteiger partial charge on any atom is -0.391 e. The van der Waals surface area contributed by atoms with Gasteiger partial charge in [0, 0.05) is 12.0 Å². The fourth-order valence-electron chi connectivity index (χ4n) is 1.02. The first-order valence-corrected chi connectivity index (χ1v) is 6.55. The lowest BCUT2D eigenvalue weighted by Gasteiger charge is -2.14. The summed E-state index contributed by atoms with van der Waals surface area (Å²) in [4.78, 5) is 0. The van der Waals surface area contributed by atoms with Crippen LogP contribution in [-0.2, 0) is 9.09 Å². The molecule has 1 aromatic carbocycles. The summed E-state index contributed by atoms with van der Waals surface area (Å²) in [7, 11) is -2.76. The molecule has 0 amide bonds. The average Bonchev–Trinajstić information content (AvgIpc) is 2.16. The van der Waals surface area contributed by atoms with Gasteiger partial charge < -0.3 is 9.63 Å². The third kappa shape index (κ3) is 3.26. The van der Waals surface area contributed by atoms with E-state index in [0.29, 0.717) is 5.30 Å². The van der Waals surface area contributed by atoms with E-state index in [1.807, 2.05) is 18.2 Å². The van der Waals surface area contributed by atoms with E-state index in [0.717, 1.165) is 0 Å². The monoisotopic (exact) mass is 214 g/mol. The van der Waals surface area contributed by atoms with E-state index in [1.54, 1.807) is 25.7 Å². The number of hydrogen-bond acceptors (Lipinski definition) is 3. The molecule has 4 heteroatoms. The zero-order valence-corrected chi connectivity index (χ0v) is 9.28. The molecule has 0 spiro atoms. The smallest absolute Gasteiger partial charge is 0.229 e. The Labute approximate surface area is 84.2 Å². The summed E-state index contributed by atoms with van der Waals surface area (Å²) in [5.41, 5.74) is 0. The fourth-order valence-corrected chi connectivity index (χ4v) is 2.39. The number of benzene rings is 1. The van der Waals surface area contributed by atoms with E-state index >= 15 is 0 Å². The summed E-state index contributed by atoms with van der Waals surface area (Å²) in [6.45, 7) is 3.26. The van der Waals surface area contributed by atoms with Crippen LogP contribution in [0.15, 0.2) is 30.3 Å². The molecule has 0 fully saturated rings. The minimum absolute atomic E-state index is 0.0999. The molecule has 0 radical (unpaired) electrons. The van der Waals surface area contributed by atoms with Crippen LogP contribution < -0.4 is 5.30 Å². The van der Waals surface area contributed by atoms with Crippen molar-refractivity contribution in [1.29, 1.82) is 0 Å². The highest BCUT2D eigenvalue weighted by Crippen LogP contribution is 2.40. The summed E-state index contributed by atoms with van der Waals surface area (Å²) >= 11 is 0. The highest BCUT2D eigenvalue weighted by Gasteiger charge is 2.19. The maximum atomic E-state index is 12.0. The first-order valence-electron chi connectivity index (χ1n) is 4.48. The largest absolute Gasteiger partial charge is 0.391 e. The topological polar surface area (TPSA) is 46.5 Å². The molecule has 0 aliphatic rings. The van der Waals surface area contributed by atoms with Gasteiger partial charge in [0.1, 0.15) is 0 Å². The van der Waals surface area contributed by atoms with E-state index in [2.05, 4.69) is 0 Å². The van der Waals surface area contributed by atoms with Crippen molar-refractivity contribution in [3.8, 4) is 0 Å². The van der Waals surface area contributed by atoms with Crippen molar-refractivity contribution in [3.05, 3.63) is 30.3 Å². The van der Waals surface area contributed by atoms with Crippen LogP contribution in [0.2, 0.25) is 0 Å². The van der Waals surface area contributed by atoms with E-state index in [-0.39, 0.29) is 6.61 Å². The van der Waals surface area contributed by atoms with Gasteiger partial charge in [0.05, 0.1) is 12.7 Å². The number of rotatable bonds is 4. The summed E-state index contributed by atoms with van der Waals surface area (Å²) in [5, 5.41) is 9.70. The van der Waals surface area contributed by atoms with Crippen LogP contribution in [0.3, 0.4) is 0 Å². The molecule has 0 aliphatic carbocycles. The lowest BCUT2D eigenvalue weighted by atomic mass is 10.4. The van der Waals surface area contributed by atoms with Crippen LogP contribution in [0.25, 0.3) is 0 Å². The van der Waals surface area contributed by atoms with Crippen LogP contribution in [0.5, 0.6) is 0 Å². The van der Waals surface area contributed by atoms with E-state index in [9.17, 15) is 4.57 Å².